The number of hydrogen-bond acceptors (Lipinski definition) is 4. The number of nitrogens with zero attached hydrogens (tertiary/aromatic N) is 2. The predicted octanol–water partition coefficient (Wildman–Crippen LogP) is 3.20. The molecule has 0 atom stereocenters. The minimum absolute atomic E-state index is 0.124. The van der Waals surface area contributed by atoms with E-state index < -0.39 is 0 Å². The molecule has 1 saturated carbocycles. The summed E-state index contributed by atoms with van der Waals surface area (Å²) in [6.45, 7) is 2.04. The minimum atomic E-state index is -0.124. The normalized spacial score (nSPS) is 14.8. The molecule has 5 nitrogen and oxygen atoms in total. The molecule has 1 aliphatic rings. The van der Waals surface area contributed by atoms with Crippen LogP contribution in [0, 0.1) is 6.92 Å². The zero-order valence-corrected chi connectivity index (χ0v) is 12.7. The van der Waals surface area contributed by atoms with E-state index in [0.717, 1.165) is 18.5 Å². The van der Waals surface area contributed by atoms with Crippen molar-refractivity contribution in [3.05, 3.63) is 47.8 Å². The van der Waals surface area contributed by atoms with E-state index >= 15 is 0 Å². The maximum atomic E-state index is 12.2. The zero-order chi connectivity index (χ0) is 15.4. The molecule has 1 heterocycles. The van der Waals surface area contributed by atoms with Crippen molar-refractivity contribution in [3.63, 3.8) is 0 Å². The van der Waals surface area contributed by atoms with Crippen LogP contribution in [0.15, 0.2) is 36.5 Å². The Hall–Kier alpha value is -2.43. The summed E-state index contributed by atoms with van der Waals surface area (Å²) in [5, 5.41) is 6.15. The fourth-order valence-electron chi connectivity index (χ4n) is 2.64. The monoisotopic (exact) mass is 296 g/mol. The van der Waals surface area contributed by atoms with Crippen LogP contribution >= 0.6 is 0 Å². The van der Waals surface area contributed by atoms with Gasteiger partial charge in [-0.3, -0.25) is 4.79 Å². The highest BCUT2D eigenvalue weighted by Crippen LogP contribution is 2.18. The average molecular weight is 296 g/mol. The van der Waals surface area contributed by atoms with Gasteiger partial charge in [0.2, 0.25) is 5.95 Å². The number of rotatable bonds is 4. The van der Waals surface area contributed by atoms with Crippen LogP contribution in [0.25, 0.3) is 0 Å². The van der Waals surface area contributed by atoms with E-state index in [9.17, 15) is 4.79 Å². The number of hydrogen-bond donors (Lipinski definition) is 2. The fraction of sp³-hybridized carbons (Fsp3) is 0.353. The van der Waals surface area contributed by atoms with Crippen LogP contribution in [0.5, 0.6) is 0 Å². The van der Waals surface area contributed by atoms with Crippen molar-refractivity contribution in [3.8, 4) is 0 Å². The third-order valence-electron chi connectivity index (χ3n) is 3.89. The Morgan fingerprint density at radius 3 is 2.59 bits per heavy atom. The molecule has 3 rings (SSSR count). The molecule has 0 spiro atoms. The van der Waals surface area contributed by atoms with Crippen molar-refractivity contribution in [1.29, 1.82) is 0 Å². The van der Waals surface area contributed by atoms with Crippen LogP contribution in [0.2, 0.25) is 0 Å². The van der Waals surface area contributed by atoms with Gasteiger partial charge in [-0.25, -0.2) is 9.97 Å². The quantitative estimate of drug-likeness (QED) is 0.909. The summed E-state index contributed by atoms with van der Waals surface area (Å²) in [4.78, 5) is 20.7. The molecule has 1 fully saturated rings. The summed E-state index contributed by atoms with van der Waals surface area (Å²) in [5.41, 5.74) is 2.49. The van der Waals surface area contributed by atoms with Crippen molar-refractivity contribution in [2.75, 3.05) is 5.32 Å². The molecular weight excluding hydrogens is 276 g/mol. The van der Waals surface area contributed by atoms with Crippen molar-refractivity contribution < 1.29 is 4.79 Å². The van der Waals surface area contributed by atoms with Gasteiger partial charge in [0.05, 0.1) is 0 Å². The summed E-state index contributed by atoms with van der Waals surface area (Å²) in [5.74, 6) is 0.309. The van der Waals surface area contributed by atoms with Gasteiger partial charge in [0.25, 0.3) is 5.91 Å². The first-order chi connectivity index (χ1) is 10.7. The second kappa shape index (κ2) is 6.56. The van der Waals surface area contributed by atoms with Gasteiger partial charge in [0.1, 0.15) is 5.69 Å². The van der Waals surface area contributed by atoms with Crippen LogP contribution < -0.4 is 10.6 Å². The number of benzene rings is 1. The van der Waals surface area contributed by atoms with E-state index in [-0.39, 0.29) is 11.9 Å². The molecule has 22 heavy (non-hydrogen) atoms. The predicted molar refractivity (Wildman–Crippen MR) is 86.2 cm³/mol. The highest BCUT2D eigenvalue weighted by atomic mass is 16.1. The lowest BCUT2D eigenvalue weighted by Gasteiger charge is -2.12. The van der Waals surface area contributed by atoms with Crippen LogP contribution in [0.4, 0.5) is 11.6 Å². The average Bonchev–Trinajstić information content (AvgIpc) is 3.03. The second-order valence-electron chi connectivity index (χ2n) is 5.71. The van der Waals surface area contributed by atoms with Crippen molar-refractivity contribution in [2.24, 2.45) is 0 Å². The van der Waals surface area contributed by atoms with Crippen molar-refractivity contribution in [2.45, 2.75) is 38.6 Å². The molecule has 114 valence electrons. The Bertz CT molecular complexity index is 648. The molecule has 5 heteroatoms. The highest BCUT2D eigenvalue weighted by Gasteiger charge is 2.18. The van der Waals surface area contributed by atoms with Gasteiger partial charge in [-0.15, -0.1) is 0 Å². The van der Waals surface area contributed by atoms with E-state index in [1.807, 2.05) is 31.2 Å². The lowest BCUT2D eigenvalue weighted by molar-refractivity contribution is 0.0933. The number of aromatic nitrogens is 2. The Morgan fingerprint density at radius 2 is 1.86 bits per heavy atom. The summed E-state index contributed by atoms with van der Waals surface area (Å²) < 4.78 is 0. The molecular formula is C17H20N4O. The van der Waals surface area contributed by atoms with E-state index in [1.54, 1.807) is 12.3 Å². The van der Waals surface area contributed by atoms with Gasteiger partial charge in [0, 0.05) is 17.9 Å². The van der Waals surface area contributed by atoms with Gasteiger partial charge in [0.15, 0.2) is 0 Å². The topological polar surface area (TPSA) is 66.9 Å². The molecule has 0 unspecified atom stereocenters. The Labute approximate surface area is 130 Å². The van der Waals surface area contributed by atoms with Gasteiger partial charge < -0.3 is 10.6 Å². The first kappa shape index (κ1) is 14.5. The third-order valence-corrected chi connectivity index (χ3v) is 3.89. The number of nitrogens with one attached hydrogen (secondary N) is 2. The summed E-state index contributed by atoms with van der Waals surface area (Å²) >= 11 is 0. The molecule has 2 N–H and O–H groups in total. The molecule has 0 radical (unpaired) electrons. The molecule has 1 aromatic carbocycles. The number of aryl methyl sites for hydroxylation is 1. The highest BCUT2D eigenvalue weighted by molar-refractivity contribution is 5.92. The lowest BCUT2D eigenvalue weighted by Crippen LogP contribution is -2.33. The molecule has 1 aliphatic carbocycles. The number of carbonyl (C=O) groups excluding carboxylic acids is 1. The van der Waals surface area contributed by atoms with Gasteiger partial charge in [-0.1, -0.05) is 30.5 Å². The molecule has 2 aromatic rings. The smallest absolute Gasteiger partial charge is 0.270 e. The minimum Gasteiger partial charge on any atom is -0.348 e. The van der Waals surface area contributed by atoms with Crippen LogP contribution in [0.3, 0.4) is 0 Å². The van der Waals surface area contributed by atoms with E-state index in [4.69, 9.17) is 0 Å². The van der Waals surface area contributed by atoms with Crippen LogP contribution in [-0.2, 0) is 0 Å². The van der Waals surface area contributed by atoms with Crippen molar-refractivity contribution in [1.82, 2.24) is 15.3 Å². The second-order valence-corrected chi connectivity index (χ2v) is 5.71. The molecule has 0 saturated heterocycles. The van der Waals surface area contributed by atoms with Gasteiger partial charge in [-0.05, 0) is 38.0 Å². The van der Waals surface area contributed by atoms with Crippen LogP contribution in [0.1, 0.15) is 41.7 Å². The summed E-state index contributed by atoms with van der Waals surface area (Å²) in [7, 11) is 0. The molecule has 1 amide bonds. The Morgan fingerprint density at radius 1 is 1.14 bits per heavy atom. The fourth-order valence-corrected chi connectivity index (χ4v) is 2.64. The maximum Gasteiger partial charge on any atom is 0.270 e. The van der Waals surface area contributed by atoms with E-state index in [2.05, 4.69) is 20.6 Å². The van der Waals surface area contributed by atoms with Crippen LogP contribution in [-0.4, -0.2) is 21.9 Å². The lowest BCUT2D eigenvalue weighted by atomic mass is 10.2. The van der Waals surface area contributed by atoms with Gasteiger partial charge in [-0.2, -0.15) is 0 Å². The van der Waals surface area contributed by atoms with E-state index in [0.29, 0.717) is 11.6 Å². The SMILES string of the molecule is Cc1ccc(Nc2nccc(C(=O)NC3CCCC3)n2)cc1. The summed E-state index contributed by atoms with van der Waals surface area (Å²) in [6, 6.07) is 9.88. The number of carbonyl (C=O) groups is 1. The molecule has 0 aliphatic heterocycles. The first-order valence-electron chi connectivity index (χ1n) is 7.68. The number of anilines is 2. The Kier molecular flexibility index (Phi) is 4.32. The largest absolute Gasteiger partial charge is 0.348 e. The van der Waals surface area contributed by atoms with E-state index in [1.165, 1.54) is 18.4 Å². The first-order valence-corrected chi connectivity index (χ1v) is 7.68. The standard InChI is InChI=1S/C17H20N4O/c1-12-6-8-14(9-7-12)20-17-18-11-10-15(21-17)16(22)19-13-4-2-3-5-13/h6-11,13H,2-5H2,1H3,(H,19,22)(H,18,20,21). The molecule has 0 bridgehead atoms. The summed E-state index contributed by atoms with van der Waals surface area (Å²) in [6.07, 6.45) is 6.10. The number of amides is 1. The van der Waals surface area contributed by atoms with Crippen molar-refractivity contribution >= 4 is 17.5 Å². The molecule has 1 aromatic heterocycles. The third kappa shape index (κ3) is 3.61. The maximum absolute atomic E-state index is 12.2. The van der Waals surface area contributed by atoms with Gasteiger partial charge >= 0.3 is 0 Å². The zero-order valence-electron chi connectivity index (χ0n) is 12.7. The Balaban J connectivity index is 1.68.